The van der Waals surface area contributed by atoms with Crippen LogP contribution < -0.4 is 16.4 Å². The summed E-state index contributed by atoms with van der Waals surface area (Å²) in [4.78, 5) is 12.3. The van der Waals surface area contributed by atoms with E-state index in [0.717, 1.165) is 11.3 Å². The van der Waals surface area contributed by atoms with Crippen LogP contribution in [0.1, 0.15) is 22.2 Å². The standard InChI is InChI=1S/C13H18N4O2S/c1-4-5-16-12(18)11-10(15)9(6-14)13(20-11)17-8(2)7-19-3/h4,8,17H,1,5,7,15H2,2-3H3,(H,16,18). The number of nitriles is 1. The number of carbonyl (C=O) groups excluding carboxylic acids is 1. The van der Waals surface area contributed by atoms with Crippen molar-refractivity contribution in [3.8, 4) is 6.07 Å². The fourth-order valence-electron chi connectivity index (χ4n) is 1.59. The highest BCUT2D eigenvalue weighted by Crippen LogP contribution is 2.35. The molecule has 108 valence electrons. The zero-order valence-corrected chi connectivity index (χ0v) is 12.3. The molecular weight excluding hydrogens is 276 g/mol. The summed E-state index contributed by atoms with van der Waals surface area (Å²) in [6, 6.07) is 2.03. The summed E-state index contributed by atoms with van der Waals surface area (Å²) in [6.07, 6.45) is 1.58. The van der Waals surface area contributed by atoms with E-state index < -0.39 is 0 Å². The van der Waals surface area contributed by atoms with Gasteiger partial charge >= 0.3 is 0 Å². The van der Waals surface area contributed by atoms with Gasteiger partial charge in [-0.25, -0.2) is 0 Å². The van der Waals surface area contributed by atoms with E-state index >= 15 is 0 Å². The molecule has 6 nitrogen and oxygen atoms in total. The number of amides is 1. The smallest absolute Gasteiger partial charge is 0.263 e. The summed E-state index contributed by atoms with van der Waals surface area (Å²) in [5.74, 6) is -0.309. The van der Waals surface area contributed by atoms with Crippen LogP contribution in [0.2, 0.25) is 0 Å². The van der Waals surface area contributed by atoms with Crippen LogP contribution in [0.5, 0.6) is 0 Å². The molecular formula is C13H18N4O2S. The maximum absolute atomic E-state index is 11.9. The van der Waals surface area contributed by atoms with Gasteiger partial charge in [0.15, 0.2) is 0 Å². The first-order valence-electron chi connectivity index (χ1n) is 6.02. The minimum atomic E-state index is -0.309. The topological polar surface area (TPSA) is 100 Å². The quantitative estimate of drug-likeness (QED) is 0.663. The van der Waals surface area contributed by atoms with E-state index in [4.69, 9.17) is 10.5 Å². The third-order valence-electron chi connectivity index (χ3n) is 2.46. The van der Waals surface area contributed by atoms with Crippen LogP contribution in [0, 0.1) is 11.3 Å². The Morgan fingerprint density at radius 1 is 1.70 bits per heavy atom. The molecule has 7 heteroatoms. The van der Waals surface area contributed by atoms with Crippen LogP contribution in [-0.4, -0.2) is 32.2 Å². The predicted molar refractivity (Wildman–Crippen MR) is 80.9 cm³/mol. The molecule has 4 N–H and O–H groups in total. The average Bonchev–Trinajstić information content (AvgIpc) is 2.72. The van der Waals surface area contributed by atoms with Crippen molar-refractivity contribution in [3.05, 3.63) is 23.1 Å². The normalized spacial score (nSPS) is 11.4. The van der Waals surface area contributed by atoms with Crippen LogP contribution in [-0.2, 0) is 4.74 Å². The molecule has 1 atom stereocenters. The van der Waals surface area contributed by atoms with Gasteiger partial charge in [0.25, 0.3) is 5.91 Å². The molecule has 1 heterocycles. The summed E-state index contributed by atoms with van der Waals surface area (Å²) < 4.78 is 5.02. The van der Waals surface area contributed by atoms with Crippen LogP contribution in [0.25, 0.3) is 0 Å². The van der Waals surface area contributed by atoms with Crippen molar-refractivity contribution in [1.82, 2.24) is 5.32 Å². The number of ether oxygens (including phenoxy) is 1. The van der Waals surface area contributed by atoms with Gasteiger partial charge < -0.3 is 21.1 Å². The highest BCUT2D eigenvalue weighted by atomic mass is 32.1. The van der Waals surface area contributed by atoms with Gasteiger partial charge in [0.1, 0.15) is 21.5 Å². The number of hydrogen-bond acceptors (Lipinski definition) is 6. The number of nitrogen functional groups attached to an aromatic ring is 1. The second-order valence-corrected chi connectivity index (χ2v) is 5.18. The Bertz CT molecular complexity index is 533. The van der Waals surface area contributed by atoms with E-state index in [-0.39, 0.29) is 17.6 Å². The minimum Gasteiger partial charge on any atom is -0.396 e. The monoisotopic (exact) mass is 294 g/mol. The molecule has 0 radical (unpaired) electrons. The van der Waals surface area contributed by atoms with Crippen molar-refractivity contribution in [2.75, 3.05) is 31.3 Å². The Balaban J connectivity index is 3.00. The summed E-state index contributed by atoms with van der Waals surface area (Å²) in [7, 11) is 1.60. The van der Waals surface area contributed by atoms with Crippen molar-refractivity contribution >= 4 is 27.9 Å². The van der Waals surface area contributed by atoms with E-state index in [1.165, 1.54) is 0 Å². The molecule has 0 aromatic carbocycles. The second kappa shape index (κ2) is 7.53. The molecule has 1 aromatic rings. The Labute approximate surface area is 122 Å². The molecule has 0 spiro atoms. The molecule has 0 aliphatic heterocycles. The Kier molecular flexibility index (Phi) is 6.03. The largest absolute Gasteiger partial charge is 0.396 e. The Morgan fingerprint density at radius 3 is 2.95 bits per heavy atom. The number of nitrogens with one attached hydrogen (secondary N) is 2. The first-order chi connectivity index (χ1) is 9.54. The lowest BCUT2D eigenvalue weighted by molar-refractivity contribution is 0.0963. The lowest BCUT2D eigenvalue weighted by Crippen LogP contribution is -2.23. The summed E-state index contributed by atoms with van der Waals surface area (Å²) >= 11 is 1.16. The zero-order valence-electron chi connectivity index (χ0n) is 11.5. The number of anilines is 2. The SMILES string of the molecule is C=CCNC(=O)c1sc(NC(C)COC)c(C#N)c1N. The number of thiophene rings is 1. The molecule has 0 aliphatic rings. The molecule has 0 saturated carbocycles. The molecule has 0 bridgehead atoms. The van der Waals surface area contributed by atoms with Gasteiger partial charge in [0.05, 0.1) is 12.3 Å². The Morgan fingerprint density at radius 2 is 2.40 bits per heavy atom. The molecule has 1 rings (SSSR count). The maximum atomic E-state index is 11.9. The third kappa shape index (κ3) is 3.73. The van der Waals surface area contributed by atoms with E-state index in [1.807, 2.05) is 13.0 Å². The first kappa shape index (κ1) is 16.0. The number of carbonyl (C=O) groups is 1. The van der Waals surface area contributed by atoms with E-state index in [9.17, 15) is 10.1 Å². The molecule has 0 saturated heterocycles. The van der Waals surface area contributed by atoms with Gasteiger partial charge in [-0.05, 0) is 6.92 Å². The number of nitrogens with zero attached hydrogens (tertiary/aromatic N) is 1. The number of methoxy groups -OCH3 is 1. The first-order valence-corrected chi connectivity index (χ1v) is 6.83. The lowest BCUT2D eigenvalue weighted by Gasteiger charge is -2.12. The fourth-order valence-corrected chi connectivity index (χ4v) is 2.68. The molecule has 0 aliphatic carbocycles. The number of rotatable bonds is 7. The van der Waals surface area contributed by atoms with E-state index in [1.54, 1.807) is 13.2 Å². The molecule has 1 amide bonds. The van der Waals surface area contributed by atoms with Crippen molar-refractivity contribution in [3.63, 3.8) is 0 Å². The Hall–Kier alpha value is -2.04. The molecule has 0 fully saturated rings. The van der Waals surface area contributed by atoms with Crippen LogP contribution in [0.15, 0.2) is 12.7 Å². The molecule has 20 heavy (non-hydrogen) atoms. The number of nitrogens with two attached hydrogens (primary N) is 1. The van der Waals surface area contributed by atoms with Gasteiger partial charge in [-0.3, -0.25) is 4.79 Å². The van der Waals surface area contributed by atoms with Crippen molar-refractivity contribution < 1.29 is 9.53 Å². The van der Waals surface area contributed by atoms with Crippen LogP contribution in [0.3, 0.4) is 0 Å². The zero-order chi connectivity index (χ0) is 15.1. The van der Waals surface area contributed by atoms with E-state index in [2.05, 4.69) is 17.2 Å². The van der Waals surface area contributed by atoms with Gasteiger partial charge in [0.2, 0.25) is 0 Å². The van der Waals surface area contributed by atoms with Crippen LogP contribution >= 0.6 is 11.3 Å². The highest BCUT2D eigenvalue weighted by Gasteiger charge is 2.21. The van der Waals surface area contributed by atoms with Gasteiger partial charge in [-0.2, -0.15) is 5.26 Å². The van der Waals surface area contributed by atoms with Gasteiger partial charge in [0, 0.05) is 19.7 Å². The number of hydrogen-bond donors (Lipinski definition) is 3. The minimum absolute atomic E-state index is 0.00855. The summed E-state index contributed by atoms with van der Waals surface area (Å²) in [6.45, 7) is 6.28. The van der Waals surface area contributed by atoms with Crippen molar-refractivity contribution in [1.29, 1.82) is 5.26 Å². The predicted octanol–water partition coefficient (Wildman–Crippen LogP) is 1.56. The summed E-state index contributed by atoms with van der Waals surface area (Å²) in [5, 5.41) is 15.5. The van der Waals surface area contributed by atoms with Crippen molar-refractivity contribution in [2.45, 2.75) is 13.0 Å². The van der Waals surface area contributed by atoms with Gasteiger partial charge in [-0.15, -0.1) is 17.9 Å². The van der Waals surface area contributed by atoms with E-state index in [0.29, 0.717) is 28.6 Å². The highest BCUT2D eigenvalue weighted by molar-refractivity contribution is 7.18. The molecule has 1 aromatic heterocycles. The summed E-state index contributed by atoms with van der Waals surface area (Å²) in [5.41, 5.74) is 6.36. The lowest BCUT2D eigenvalue weighted by atomic mass is 10.2. The van der Waals surface area contributed by atoms with Gasteiger partial charge in [-0.1, -0.05) is 6.08 Å². The van der Waals surface area contributed by atoms with Crippen LogP contribution in [0.4, 0.5) is 10.7 Å². The maximum Gasteiger partial charge on any atom is 0.263 e. The second-order valence-electron chi connectivity index (χ2n) is 4.16. The van der Waals surface area contributed by atoms with Crippen molar-refractivity contribution in [2.24, 2.45) is 0 Å². The third-order valence-corrected chi connectivity index (χ3v) is 3.60. The fraction of sp³-hybridized carbons (Fsp3) is 0.385. The average molecular weight is 294 g/mol. The molecule has 1 unspecified atom stereocenters.